The molecule has 3 rings (SSSR count). The van der Waals surface area contributed by atoms with E-state index >= 15 is 0 Å². The smallest absolute Gasteiger partial charge is 0.191 e. The zero-order chi connectivity index (χ0) is 19.2. The molecule has 0 radical (unpaired) electrons. The molecule has 0 amide bonds. The highest BCUT2D eigenvalue weighted by atomic mass is 32.1. The number of hydrogen-bond acceptors (Lipinski definition) is 3. The Balaban J connectivity index is 1.72. The average Bonchev–Trinajstić information content (AvgIpc) is 3.02. The van der Waals surface area contributed by atoms with Crippen LogP contribution >= 0.6 is 12.2 Å². The summed E-state index contributed by atoms with van der Waals surface area (Å²) in [6.45, 7) is 4.78. The summed E-state index contributed by atoms with van der Waals surface area (Å²) in [6, 6.07) is 16.3. The molecule has 0 aliphatic heterocycles. The number of anilines is 1. The first-order valence-electron chi connectivity index (χ1n) is 8.71. The third kappa shape index (κ3) is 4.33. The minimum absolute atomic E-state index is 0.438. The van der Waals surface area contributed by atoms with E-state index in [1.54, 1.807) is 6.21 Å². The highest BCUT2D eigenvalue weighted by molar-refractivity contribution is 7.80. The highest BCUT2D eigenvalue weighted by Crippen LogP contribution is 2.20. The van der Waals surface area contributed by atoms with Crippen molar-refractivity contribution < 1.29 is 0 Å². The van der Waals surface area contributed by atoms with Gasteiger partial charge in [0.05, 0.1) is 18.7 Å². The van der Waals surface area contributed by atoms with Crippen molar-refractivity contribution in [2.45, 2.75) is 26.8 Å². The van der Waals surface area contributed by atoms with Gasteiger partial charge in [0.2, 0.25) is 0 Å². The molecular weight excluding hydrogens is 354 g/mol. The van der Waals surface area contributed by atoms with Gasteiger partial charge < -0.3 is 9.88 Å². The van der Waals surface area contributed by atoms with E-state index in [1.165, 1.54) is 5.56 Å². The first-order valence-corrected chi connectivity index (χ1v) is 9.12. The molecule has 0 saturated carbocycles. The third-order valence-corrected chi connectivity index (χ3v) is 4.70. The number of para-hydroxylation sites is 1. The van der Waals surface area contributed by atoms with Crippen LogP contribution in [0.4, 0.5) is 5.69 Å². The molecule has 2 aromatic carbocycles. The van der Waals surface area contributed by atoms with Gasteiger partial charge in [-0.3, -0.25) is 5.43 Å². The number of thiocarbonyl (C=S) groups is 1. The summed E-state index contributed by atoms with van der Waals surface area (Å²) < 4.78 is 2.08. The number of fused-ring (bicyclic) bond motifs is 1. The molecule has 0 bridgehead atoms. The van der Waals surface area contributed by atoms with E-state index in [1.807, 2.05) is 42.6 Å². The maximum Gasteiger partial charge on any atom is 0.191 e. The molecule has 0 atom stereocenters. The summed E-state index contributed by atoms with van der Waals surface area (Å²) in [5.74, 6) is 0. The van der Waals surface area contributed by atoms with E-state index in [0.717, 1.165) is 27.7 Å². The summed E-state index contributed by atoms with van der Waals surface area (Å²) in [5.41, 5.74) is 8.27. The van der Waals surface area contributed by atoms with Crippen LogP contribution in [0, 0.1) is 25.2 Å². The fourth-order valence-electron chi connectivity index (χ4n) is 2.93. The van der Waals surface area contributed by atoms with Crippen LogP contribution in [0.3, 0.4) is 0 Å². The van der Waals surface area contributed by atoms with Gasteiger partial charge in [-0.2, -0.15) is 10.4 Å². The molecule has 5 nitrogen and oxygen atoms in total. The van der Waals surface area contributed by atoms with Gasteiger partial charge in [-0.25, -0.2) is 0 Å². The number of aryl methyl sites for hydroxylation is 2. The van der Waals surface area contributed by atoms with Crippen molar-refractivity contribution in [3.05, 3.63) is 65.4 Å². The van der Waals surface area contributed by atoms with Crippen LogP contribution in [-0.2, 0) is 6.54 Å². The summed E-state index contributed by atoms with van der Waals surface area (Å²) in [6.07, 6.45) is 4.23. The second-order valence-electron chi connectivity index (χ2n) is 6.27. The molecule has 0 fully saturated rings. The molecule has 0 unspecified atom stereocenters. The predicted octanol–water partition coefficient (Wildman–Crippen LogP) is 4.49. The van der Waals surface area contributed by atoms with Crippen molar-refractivity contribution in [1.82, 2.24) is 9.99 Å². The molecule has 6 heteroatoms. The molecule has 0 saturated heterocycles. The van der Waals surface area contributed by atoms with Gasteiger partial charge >= 0.3 is 0 Å². The zero-order valence-electron chi connectivity index (χ0n) is 15.4. The van der Waals surface area contributed by atoms with Gasteiger partial charge in [-0.05, 0) is 49.3 Å². The molecule has 1 heterocycles. The molecule has 0 spiro atoms. The Kier molecular flexibility index (Phi) is 5.84. The fraction of sp³-hybridized carbons (Fsp3) is 0.190. The quantitative estimate of drug-likeness (QED) is 0.392. The number of hydrogen-bond donors (Lipinski definition) is 2. The van der Waals surface area contributed by atoms with E-state index in [9.17, 15) is 0 Å². The standard InChI is InChI=1S/C21H21N5S/c1-15-7-5-9-19(16(15)2)24-21(27)25-23-13-17-14-26(12-6-11-22)20-10-4-3-8-18(17)20/h3-5,7-10,13-14H,6,12H2,1-2H3,(H2,24,25,27)/b23-13-. The van der Waals surface area contributed by atoms with E-state index in [0.29, 0.717) is 18.1 Å². The van der Waals surface area contributed by atoms with Crippen LogP contribution < -0.4 is 10.7 Å². The Hall–Kier alpha value is -3.17. The lowest BCUT2D eigenvalue weighted by Crippen LogP contribution is -2.24. The molecule has 3 aromatic rings. The first-order chi connectivity index (χ1) is 13.1. The van der Waals surface area contributed by atoms with Crippen molar-refractivity contribution in [2.24, 2.45) is 5.10 Å². The molecule has 27 heavy (non-hydrogen) atoms. The number of benzene rings is 2. The van der Waals surface area contributed by atoms with E-state index in [4.69, 9.17) is 17.5 Å². The van der Waals surface area contributed by atoms with E-state index in [2.05, 4.69) is 46.4 Å². The lowest BCUT2D eigenvalue weighted by molar-refractivity contribution is 0.744. The van der Waals surface area contributed by atoms with Crippen molar-refractivity contribution >= 4 is 40.1 Å². The van der Waals surface area contributed by atoms with Crippen molar-refractivity contribution in [2.75, 3.05) is 5.32 Å². The lowest BCUT2D eigenvalue weighted by Gasteiger charge is -2.11. The number of nitriles is 1. The Morgan fingerprint density at radius 2 is 2.04 bits per heavy atom. The van der Waals surface area contributed by atoms with Gasteiger partial charge in [0.15, 0.2) is 5.11 Å². The molecule has 0 aliphatic carbocycles. The summed E-state index contributed by atoms with van der Waals surface area (Å²) in [5, 5.41) is 17.8. The Labute approximate surface area is 164 Å². The van der Waals surface area contributed by atoms with Crippen LogP contribution in [0.2, 0.25) is 0 Å². The zero-order valence-corrected chi connectivity index (χ0v) is 16.2. The van der Waals surface area contributed by atoms with Gasteiger partial charge in [0, 0.05) is 34.9 Å². The number of nitrogens with zero attached hydrogens (tertiary/aromatic N) is 3. The van der Waals surface area contributed by atoms with Crippen LogP contribution in [0.5, 0.6) is 0 Å². The van der Waals surface area contributed by atoms with Crippen LogP contribution in [0.1, 0.15) is 23.1 Å². The summed E-state index contributed by atoms with van der Waals surface area (Å²) in [4.78, 5) is 0. The average molecular weight is 376 g/mol. The monoisotopic (exact) mass is 375 g/mol. The van der Waals surface area contributed by atoms with Crippen LogP contribution in [0.15, 0.2) is 53.8 Å². The topological polar surface area (TPSA) is 65.1 Å². The van der Waals surface area contributed by atoms with Crippen LogP contribution in [-0.4, -0.2) is 15.9 Å². The van der Waals surface area contributed by atoms with Gasteiger partial charge in [0.1, 0.15) is 0 Å². The van der Waals surface area contributed by atoms with Gasteiger partial charge in [-0.15, -0.1) is 0 Å². The Morgan fingerprint density at radius 1 is 1.22 bits per heavy atom. The molecular formula is C21H21N5S. The maximum atomic E-state index is 8.85. The second kappa shape index (κ2) is 8.47. The van der Waals surface area contributed by atoms with Crippen molar-refractivity contribution in [3.8, 4) is 6.07 Å². The maximum absolute atomic E-state index is 8.85. The van der Waals surface area contributed by atoms with Gasteiger partial charge in [0.25, 0.3) is 0 Å². The Morgan fingerprint density at radius 3 is 2.85 bits per heavy atom. The number of hydrazone groups is 1. The highest BCUT2D eigenvalue weighted by Gasteiger charge is 2.06. The summed E-state index contributed by atoms with van der Waals surface area (Å²) in [7, 11) is 0. The number of aromatic nitrogens is 1. The number of rotatable bonds is 5. The van der Waals surface area contributed by atoms with Crippen LogP contribution in [0.25, 0.3) is 10.9 Å². The van der Waals surface area contributed by atoms with Crippen molar-refractivity contribution in [3.63, 3.8) is 0 Å². The molecule has 136 valence electrons. The summed E-state index contributed by atoms with van der Waals surface area (Å²) >= 11 is 5.34. The normalized spacial score (nSPS) is 10.9. The minimum Gasteiger partial charge on any atom is -0.346 e. The van der Waals surface area contributed by atoms with Gasteiger partial charge in [-0.1, -0.05) is 30.3 Å². The molecule has 1 aromatic heterocycles. The predicted molar refractivity (Wildman–Crippen MR) is 115 cm³/mol. The molecule has 2 N–H and O–H groups in total. The molecule has 0 aliphatic rings. The minimum atomic E-state index is 0.438. The lowest BCUT2D eigenvalue weighted by atomic mass is 10.1. The number of nitrogens with one attached hydrogen (secondary N) is 2. The van der Waals surface area contributed by atoms with Crippen molar-refractivity contribution in [1.29, 1.82) is 5.26 Å². The Bertz CT molecular complexity index is 1040. The SMILES string of the molecule is Cc1cccc(NC(=S)N/N=C\c2cn(CCC#N)c3ccccc23)c1C. The fourth-order valence-corrected chi connectivity index (χ4v) is 3.09. The van der Waals surface area contributed by atoms with E-state index < -0.39 is 0 Å². The first kappa shape index (κ1) is 18.6. The second-order valence-corrected chi connectivity index (χ2v) is 6.68. The van der Waals surface area contributed by atoms with E-state index in [-0.39, 0.29) is 0 Å². The largest absolute Gasteiger partial charge is 0.346 e. The third-order valence-electron chi connectivity index (χ3n) is 4.51.